The third kappa shape index (κ3) is 5.45. The quantitative estimate of drug-likeness (QED) is 0.757. The molecular formula is C20H33ClN2OS. The van der Waals surface area contributed by atoms with Crippen molar-refractivity contribution in [1.29, 1.82) is 0 Å². The van der Waals surface area contributed by atoms with Gasteiger partial charge in [0.2, 0.25) is 5.91 Å². The van der Waals surface area contributed by atoms with Crippen LogP contribution in [0.2, 0.25) is 0 Å². The molecule has 2 aliphatic rings. The summed E-state index contributed by atoms with van der Waals surface area (Å²) in [5, 5.41) is 8.89. The molecule has 0 aromatic carbocycles. The average Bonchev–Trinajstić information content (AvgIpc) is 3.17. The van der Waals surface area contributed by atoms with E-state index in [-0.39, 0.29) is 23.7 Å². The lowest BCUT2D eigenvalue weighted by Gasteiger charge is -2.37. The minimum absolute atomic E-state index is 0. The zero-order valence-corrected chi connectivity index (χ0v) is 17.0. The Morgan fingerprint density at radius 1 is 1.32 bits per heavy atom. The molecule has 1 unspecified atom stereocenters. The van der Waals surface area contributed by atoms with Crippen LogP contribution in [0.3, 0.4) is 0 Å². The number of halogens is 1. The standard InChI is InChI=1S/C20H32N2OS.ClH/c1-16(17-7-11-21-12-8-17)14-19(23)22-15-20(9-3-2-4-10-20)18-6-5-13-24-18;/h5-6,13,16-17,21H,2-4,7-12,14-15H2,1H3,(H,22,23);1H. The summed E-state index contributed by atoms with van der Waals surface area (Å²) >= 11 is 1.86. The first-order valence-corrected chi connectivity index (χ1v) is 10.6. The molecular weight excluding hydrogens is 352 g/mol. The fourth-order valence-corrected chi connectivity index (χ4v) is 5.52. The topological polar surface area (TPSA) is 41.1 Å². The molecule has 3 rings (SSSR count). The SMILES string of the molecule is CC(CC(=O)NCC1(c2cccs2)CCCCC1)C1CCNCC1.Cl. The number of hydrogen-bond acceptors (Lipinski definition) is 3. The van der Waals surface area contributed by atoms with Gasteiger partial charge in [-0.3, -0.25) is 4.79 Å². The Balaban J connectivity index is 0.00000225. The van der Waals surface area contributed by atoms with Crippen LogP contribution in [0.25, 0.3) is 0 Å². The van der Waals surface area contributed by atoms with E-state index in [1.54, 1.807) is 0 Å². The van der Waals surface area contributed by atoms with E-state index in [0.717, 1.165) is 19.6 Å². The number of nitrogens with one attached hydrogen (secondary N) is 2. The molecule has 2 fully saturated rings. The van der Waals surface area contributed by atoms with E-state index in [1.807, 2.05) is 11.3 Å². The van der Waals surface area contributed by atoms with Gasteiger partial charge in [0.25, 0.3) is 0 Å². The molecule has 2 N–H and O–H groups in total. The second kappa shape index (κ2) is 9.94. The van der Waals surface area contributed by atoms with Crippen molar-refractivity contribution in [2.24, 2.45) is 11.8 Å². The van der Waals surface area contributed by atoms with E-state index in [9.17, 15) is 4.79 Å². The number of carbonyl (C=O) groups is 1. The fraction of sp³-hybridized carbons (Fsp3) is 0.750. The van der Waals surface area contributed by atoms with Crippen LogP contribution in [0, 0.1) is 11.8 Å². The highest BCUT2D eigenvalue weighted by Crippen LogP contribution is 2.41. The van der Waals surface area contributed by atoms with E-state index < -0.39 is 0 Å². The van der Waals surface area contributed by atoms with Crippen molar-refractivity contribution < 1.29 is 4.79 Å². The van der Waals surface area contributed by atoms with Crippen molar-refractivity contribution in [2.45, 2.75) is 63.7 Å². The van der Waals surface area contributed by atoms with Crippen molar-refractivity contribution in [3.63, 3.8) is 0 Å². The van der Waals surface area contributed by atoms with Crippen LogP contribution in [0.15, 0.2) is 17.5 Å². The van der Waals surface area contributed by atoms with Crippen molar-refractivity contribution in [2.75, 3.05) is 19.6 Å². The predicted octanol–water partition coefficient (Wildman–Crippen LogP) is 4.51. The zero-order valence-electron chi connectivity index (χ0n) is 15.4. The Morgan fingerprint density at radius 3 is 2.68 bits per heavy atom. The number of rotatable bonds is 6. The Bertz CT molecular complexity index is 508. The van der Waals surface area contributed by atoms with Crippen LogP contribution < -0.4 is 10.6 Å². The predicted molar refractivity (Wildman–Crippen MR) is 109 cm³/mol. The number of amides is 1. The normalized spacial score (nSPS) is 22.0. The molecule has 142 valence electrons. The van der Waals surface area contributed by atoms with Gasteiger partial charge in [0.1, 0.15) is 0 Å². The third-order valence-corrected chi connectivity index (χ3v) is 7.29. The van der Waals surface area contributed by atoms with E-state index in [1.165, 1.54) is 49.8 Å². The zero-order chi connectivity index (χ0) is 16.8. The van der Waals surface area contributed by atoms with E-state index in [4.69, 9.17) is 0 Å². The number of piperidine rings is 1. The minimum Gasteiger partial charge on any atom is -0.355 e. The summed E-state index contributed by atoms with van der Waals surface area (Å²) in [5.74, 6) is 1.46. The van der Waals surface area contributed by atoms with Gasteiger partial charge >= 0.3 is 0 Å². The number of hydrogen-bond donors (Lipinski definition) is 2. The molecule has 1 aromatic heterocycles. The Hall–Kier alpha value is -0.580. The highest BCUT2D eigenvalue weighted by Gasteiger charge is 2.35. The summed E-state index contributed by atoms with van der Waals surface area (Å²) in [6.45, 7) is 5.30. The van der Waals surface area contributed by atoms with Crippen LogP contribution in [-0.2, 0) is 10.2 Å². The van der Waals surface area contributed by atoms with Crippen LogP contribution in [-0.4, -0.2) is 25.5 Å². The first-order chi connectivity index (χ1) is 11.7. The number of thiophene rings is 1. The van der Waals surface area contributed by atoms with Crippen LogP contribution in [0.4, 0.5) is 0 Å². The lowest BCUT2D eigenvalue weighted by atomic mass is 9.73. The molecule has 2 heterocycles. The summed E-state index contributed by atoms with van der Waals surface area (Å²) in [6.07, 6.45) is 9.48. The lowest BCUT2D eigenvalue weighted by molar-refractivity contribution is -0.122. The molecule has 1 saturated carbocycles. The van der Waals surface area contributed by atoms with Gasteiger partial charge in [-0.2, -0.15) is 0 Å². The maximum atomic E-state index is 12.5. The molecule has 1 aliphatic carbocycles. The van der Waals surface area contributed by atoms with Gasteiger partial charge in [0.15, 0.2) is 0 Å². The maximum absolute atomic E-state index is 12.5. The van der Waals surface area contributed by atoms with Gasteiger partial charge in [-0.05, 0) is 62.1 Å². The minimum atomic E-state index is 0. The molecule has 0 bridgehead atoms. The lowest BCUT2D eigenvalue weighted by Crippen LogP contribution is -2.42. The maximum Gasteiger partial charge on any atom is 0.220 e. The second-order valence-corrected chi connectivity index (χ2v) is 8.81. The van der Waals surface area contributed by atoms with E-state index in [2.05, 4.69) is 35.1 Å². The number of carbonyl (C=O) groups excluding carboxylic acids is 1. The molecule has 0 spiro atoms. The molecule has 3 nitrogen and oxygen atoms in total. The van der Waals surface area contributed by atoms with Crippen molar-refractivity contribution >= 4 is 29.7 Å². The molecule has 1 saturated heterocycles. The molecule has 25 heavy (non-hydrogen) atoms. The van der Waals surface area contributed by atoms with Crippen LogP contribution in [0.5, 0.6) is 0 Å². The van der Waals surface area contributed by atoms with Gasteiger partial charge in [-0.1, -0.05) is 32.3 Å². The Labute approximate surface area is 162 Å². The third-order valence-electron chi connectivity index (χ3n) is 6.17. The van der Waals surface area contributed by atoms with Gasteiger partial charge < -0.3 is 10.6 Å². The summed E-state index contributed by atoms with van der Waals surface area (Å²) in [6, 6.07) is 4.41. The summed E-state index contributed by atoms with van der Waals surface area (Å²) in [5.41, 5.74) is 0.195. The molecule has 1 aromatic rings. The Kier molecular flexibility index (Phi) is 8.24. The van der Waals surface area contributed by atoms with Crippen molar-refractivity contribution in [1.82, 2.24) is 10.6 Å². The first kappa shape index (κ1) is 20.7. The van der Waals surface area contributed by atoms with Gasteiger partial charge in [-0.15, -0.1) is 23.7 Å². The van der Waals surface area contributed by atoms with Gasteiger partial charge in [0.05, 0.1) is 0 Å². The smallest absolute Gasteiger partial charge is 0.220 e. The molecule has 5 heteroatoms. The molecule has 1 amide bonds. The second-order valence-electron chi connectivity index (χ2n) is 7.86. The first-order valence-electron chi connectivity index (χ1n) is 9.71. The molecule has 1 atom stereocenters. The summed E-state index contributed by atoms with van der Waals surface area (Å²) in [7, 11) is 0. The van der Waals surface area contributed by atoms with E-state index >= 15 is 0 Å². The van der Waals surface area contributed by atoms with E-state index in [0.29, 0.717) is 18.3 Å². The fourth-order valence-electron chi connectivity index (χ4n) is 4.53. The monoisotopic (exact) mass is 384 g/mol. The highest BCUT2D eigenvalue weighted by molar-refractivity contribution is 7.10. The largest absolute Gasteiger partial charge is 0.355 e. The summed E-state index contributed by atoms with van der Waals surface area (Å²) < 4.78 is 0. The average molecular weight is 385 g/mol. The van der Waals surface area contributed by atoms with Gasteiger partial charge in [0, 0.05) is 23.3 Å². The molecule has 0 radical (unpaired) electrons. The highest BCUT2D eigenvalue weighted by atomic mass is 35.5. The Morgan fingerprint density at radius 2 is 2.04 bits per heavy atom. The van der Waals surface area contributed by atoms with Gasteiger partial charge in [-0.25, -0.2) is 0 Å². The van der Waals surface area contributed by atoms with Crippen LogP contribution >= 0.6 is 23.7 Å². The van der Waals surface area contributed by atoms with Crippen LogP contribution in [0.1, 0.15) is 63.2 Å². The summed E-state index contributed by atoms with van der Waals surface area (Å²) in [4.78, 5) is 14.0. The van der Waals surface area contributed by atoms with Crippen molar-refractivity contribution in [3.8, 4) is 0 Å². The van der Waals surface area contributed by atoms with Crippen molar-refractivity contribution in [3.05, 3.63) is 22.4 Å². The molecule has 1 aliphatic heterocycles.